The summed E-state index contributed by atoms with van der Waals surface area (Å²) < 4.78 is 5.20. The second kappa shape index (κ2) is 4.78. The molecule has 1 aromatic carbocycles. The van der Waals surface area contributed by atoms with E-state index in [9.17, 15) is 4.79 Å². The van der Waals surface area contributed by atoms with Gasteiger partial charge in [-0.05, 0) is 48.4 Å². The maximum atomic E-state index is 11.0. The third-order valence-corrected chi connectivity index (χ3v) is 3.78. The Bertz CT molecular complexity index is 425. The van der Waals surface area contributed by atoms with E-state index >= 15 is 0 Å². The molecule has 1 aliphatic rings. The number of ether oxygens (including phenoxy) is 1. The quantitative estimate of drug-likeness (QED) is 0.874. The molecular weight excluding hydrogens is 216 g/mol. The van der Waals surface area contributed by atoms with Gasteiger partial charge in [0.2, 0.25) is 0 Å². The molecule has 0 saturated carbocycles. The zero-order valence-electron chi connectivity index (χ0n) is 10.3. The summed E-state index contributed by atoms with van der Waals surface area (Å²) in [7, 11) is 1.67. The van der Waals surface area contributed by atoms with Crippen LogP contribution in [-0.2, 0) is 17.6 Å². The molecule has 3 heteroatoms. The fraction of sp³-hybridized carbons (Fsp3) is 0.500. The molecule has 0 aliphatic heterocycles. The van der Waals surface area contributed by atoms with Gasteiger partial charge in [-0.15, -0.1) is 0 Å². The summed E-state index contributed by atoms with van der Waals surface area (Å²) in [5.74, 6) is 0.194. The summed E-state index contributed by atoms with van der Waals surface area (Å²) in [5, 5.41) is 9.04. The molecule has 3 nitrogen and oxygen atoms in total. The van der Waals surface area contributed by atoms with Crippen molar-refractivity contribution in [3.8, 4) is 5.75 Å². The topological polar surface area (TPSA) is 46.5 Å². The first-order valence-electron chi connectivity index (χ1n) is 6.00. The fourth-order valence-corrected chi connectivity index (χ4v) is 2.51. The van der Waals surface area contributed by atoms with E-state index in [1.165, 1.54) is 11.1 Å². The highest BCUT2D eigenvalue weighted by Crippen LogP contribution is 2.32. The smallest absolute Gasteiger partial charge is 0.306 e. The monoisotopic (exact) mass is 234 g/mol. The van der Waals surface area contributed by atoms with Crippen LogP contribution in [0, 0.1) is 11.8 Å². The molecule has 92 valence electrons. The number of hydrogen-bond acceptors (Lipinski definition) is 2. The Morgan fingerprint density at radius 3 is 2.88 bits per heavy atom. The number of carboxylic acids is 1. The van der Waals surface area contributed by atoms with Gasteiger partial charge in [0, 0.05) is 0 Å². The number of hydrogen-bond donors (Lipinski definition) is 1. The molecule has 1 aromatic rings. The Labute approximate surface area is 101 Å². The number of fused-ring (bicyclic) bond motifs is 1. The van der Waals surface area contributed by atoms with Gasteiger partial charge in [-0.1, -0.05) is 13.0 Å². The second-order valence-electron chi connectivity index (χ2n) is 4.76. The normalized spacial score (nSPS) is 20.5. The third-order valence-electron chi connectivity index (χ3n) is 3.78. The molecule has 1 N–H and O–H groups in total. The molecule has 2 rings (SSSR count). The van der Waals surface area contributed by atoms with Crippen LogP contribution in [0.2, 0.25) is 0 Å². The zero-order chi connectivity index (χ0) is 12.4. The molecule has 2 unspecified atom stereocenters. The molecule has 0 aromatic heterocycles. The highest BCUT2D eigenvalue weighted by atomic mass is 16.5. The standard InChI is InChI=1S/C14H18O3/c1-9(14(15)16)10-3-4-12-8-13(17-2)6-5-11(12)7-10/h5-6,8-10H,3-4,7H2,1-2H3,(H,15,16). The number of aliphatic carboxylic acids is 1. The highest BCUT2D eigenvalue weighted by molar-refractivity contribution is 5.70. The summed E-state index contributed by atoms with van der Waals surface area (Å²) in [4.78, 5) is 11.0. The van der Waals surface area contributed by atoms with Crippen LogP contribution in [-0.4, -0.2) is 18.2 Å². The number of aryl methyl sites for hydroxylation is 1. The number of carboxylic acid groups (broad SMARTS) is 1. The number of benzene rings is 1. The maximum Gasteiger partial charge on any atom is 0.306 e. The van der Waals surface area contributed by atoms with E-state index < -0.39 is 5.97 Å². The van der Waals surface area contributed by atoms with Crippen molar-refractivity contribution in [1.29, 1.82) is 0 Å². The van der Waals surface area contributed by atoms with Gasteiger partial charge < -0.3 is 9.84 Å². The van der Waals surface area contributed by atoms with Crippen molar-refractivity contribution < 1.29 is 14.6 Å². The lowest BCUT2D eigenvalue weighted by Crippen LogP contribution is -2.26. The number of carbonyl (C=O) groups is 1. The second-order valence-corrected chi connectivity index (χ2v) is 4.76. The molecule has 0 spiro atoms. The fourth-order valence-electron chi connectivity index (χ4n) is 2.51. The first-order valence-corrected chi connectivity index (χ1v) is 6.00. The van der Waals surface area contributed by atoms with Gasteiger partial charge in [-0.2, -0.15) is 0 Å². The van der Waals surface area contributed by atoms with Gasteiger partial charge in [0.25, 0.3) is 0 Å². The molecule has 0 amide bonds. The summed E-state index contributed by atoms with van der Waals surface area (Å²) in [6, 6.07) is 6.08. The van der Waals surface area contributed by atoms with Crippen LogP contribution in [0.4, 0.5) is 0 Å². The van der Waals surface area contributed by atoms with Crippen LogP contribution in [0.15, 0.2) is 18.2 Å². The van der Waals surface area contributed by atoms with Gasteiger partial charge in [-0.25, -0.2) is 0 Å². The van der Waals surface area contributed by atoms with Gasteiger partial charge in [0.1, 0.15) is 5.75 Å². The molecule has 0 fully saturated rings. The van der Waals surface area contributed by atoms with E-state index in [4.69, 9.17) is 9.84 Å². The van der Waals surface area contributed by atoms with Crippen LogP contribution < -0.4 is 4.74 Å². The Kier molecular flexibility index (Phi) is 3.36. The Morgan fingerprint density at radius 1 is 1.47 bits per heavy atom. The van der Waals surface area contributed by atoms with Gasteiger partial charge >= 0.3 is 5.97 Å². The van der Waals surface area contributed by atoms with Crippen molar-refractivity contribution in [2.24, 2.45) is 11.8 Å². The van der Waals surface area contributed by atoms with Crippen LogP contribution in [0.25, 0.3) is 0 Å². The van der Waals surface area contributed by atoms with Crippen molar-refractivity contribution >= 4 is 5.97 Å². The predicted molar refractivity (Wildman–Crippen MR) is 65.3 cm³/mol. The largest absolute Gasteiger partial charge is 0.497 e. The van der Waals surface area contributed by atoms with E-state index in [2.05, 4.69) is 12.1 Å². The Balaban J connectivity index is 2.17. The van der Waals surface area contributed by atoms with Crippen molar-refractivity contribution in [2.75, 3.05) is 7.11 Å². The van der Waals surface area contributed by atoms with Crippen LogP contribution >= 0.6 is 0 Å². The molecule has 17 heavy (non-hydrogen) atoms. The van der Waals surface area contributed by atoms with Crippen molar-refractivity contribution in [1.82, 2.24) is 0 Å². The summed E-state index contributed by atoms with van der Waals surface area (Å²) >= 11 is 0. The number of methoxy groups -OCH3 is 1. The maximum absolute atomic E-state index is 11.0. The average Bonchev–Trinajstić information content (AvgIpc) is 2.36. The molecular formula is C14H18O3. The Hall–Kier alpha value is -1.51. The van der Waals surface area contributed by atoms with E-state index in [-0.39, 0.29) is 11.8 Å². The molecule has 0 bridgehead atoms. The highest BCUT2D eigenvalue weighted by Gasteiger charge is 2.27. The van der Waals surface area contributed by atoms with Crippen molar-refractivity contribution in [3.63, 3.8) is 0 Å². The van der Waals surface area contributed by atoms with E-state index in [0.717, 1.165) is 25.0 Å². The molecule has 0 saturated heterocycles. The molecule has 2 atom stereocenters. The molecule has 0 heterocycles. The van der Waals surface area contributed by atoms with Gasteiger partial charge in [0.15, 0.2) is 0 Å². The van der Waals surface area contributed by atoms with Crippen LogP contribution in [0.1, 0.15) is 24.5 Å². The van der Waals surface area contributed by atoms with E-state index in [0.29, 0.717) is 0 Å². The van der Waals surface area contributed by atoms with Crippen LogP contribution in [0.5, 0.6) is 5.75 Å². The SMILES string of the molecule is COc1ccc2c(c1)CCC(C(C)C(=O)O)C2. The zero-order valence-corrected chi connectivity index (χ0v) is 10.3. The van der Waals surface area contributed by atoms with Crippen molar-refractivity contribution in [3.05, 3.63) is 29.3 Å². The summed E-state index contributed by atoms with van der Waals surface area (Å²) in [6.07, 6.45) is 2.77. The van der Waals surface area contributed by atoms with E-state index in [1.807, 2.05) is 13.0 Å². The van der Waals surface area contributed by atoms with Gasteiger partial charge in [-0.3, -0.25) is 4.79 Å². The minimum Gasteiger partial charge on any atom is -0.497 e. The van der Waals surface area contributed by atoms with Crippen molar-refractivity contribution in [2.45, 2.75) is 26.2 Å². The lowest BCUT2D eigenvalue weighted by atomic mass is 9.77. The average molecular weight is 234 g/mol. The first kappa shape index (κ1) is 12.0. The molecule has 0 radical (unpaired) electrons. The lowest BCUT2D eigenvalue weighted by Gasteiger charge is -2.27. The minimum absolute atomic E-state index is 0.258. The molecule has 1 aliphatic carbocycles. The first-order chi connectivity index (χ1) is 8.11. The van der Waals surface area contributed by atoms with E-state index in [1.54, 1.807) is 7.11 Å². The Morgan fingerprint density at radius 2 is 2.24 bits per heavy atom. The lowest BCUT2D eigenvalue weighted by molar-refractivity contribution is -0.143. The van der Waals surface area contributed by atoms with Gasteiger partial charge in [0.05, 0.1) is 13.0 Å². The minimum atomic E-state index is -0.688. The number of rotatable bonds is 3. The third kappa shape index (κ3) is 2.43. The van der Waals surface area contributed by atoms with Crippen LogP contribution in [0.3, 0.4) is 0 Å². The predicted octanol–water partition coefficient (Wildman–Crippen LogP) is 2.52. The summed E-state index contributed by atoms with van der Waals surface area (Å²) in [5.41, 5.74) is 2.58. The summed E-state index contributed by atoms with van der Waals surface area (Å²) in [6.45, 7) is 1.81.